The zero-order chi connectivity index (χ0) is 13.3. The Morgan fingerprint density at radius 1 is 1.42 bits per heavy atom. The van der Waals surface area contributed by atoms with Gasteiger partial charge < -0.3 is 15.2 Å². The minimum Gasteiger partial charge on any atom is -0.492 e. The van der Waals surface area contributed by atoms with E-state index >= 15 is 0 Å². The van der Waals surface area contributed by atoms with E-state index in [1.165, 1.54) is 0 Å². The van der Waals surface area contributed by atoms with Gasteiger partial charge in [0.1, 0.15) is 5.75 Å². The van der Waals surface area contributed by atoms with Crippen molar-refractivity contribution in [3.63, 3.8) is 0 Å². The molecule has 104 valence electrons. The molecule has 0 saturated heterocycles. The van der Waals surface area contributed by atoms with E-state index < -0.39 is 0 Å². The van der Waals surface area contributed by atoms with Crippen LogP contribution in [-0.2, 0) is 0 Å². The second kappa shape index (κ2) is 5.31. The normalized spacial score (nSPS) is 24.2. The first kappa shape index (κ1) is 13.2. The number of para-hydroxylation sites is 1. The number of benzene rings is 1. The summed E-state index contributed by atoms with van der Waals surface area (Å²) in [5, 5.41) is 13.7. The van der Waals surface area contributed by atoms with E-state index in [2.05, 4.69) is 11.4 Å². The molecule has 3 nitrogen and oxygen atoms in total. The van der Waals surface area contributed by atoms with E-state index in [9.17, 15) is 5.11 Å². The number of rotatable bonds is 4. The van der Waals surface area contributed by atoms with E-state index in [-0.39, 0.29) is 18.1 Å². The molecule has 4 heteroatoms. The third kappa shape index (κ3) is 2.73. The Hall–Kier alpha value is -0.770. The molecule has 0 bridgehead atoms. The van der Waals surface area contributed by atoms with Gasteiger partial charge in [0.2, 0.25) is 0 Å². The minimum absolute atomic E-state index is 0.131. The lowest BCUT2D eigenvalue weighted by Crippen LogP contribution is -2.30. The summed E-state index contributed by atoms with van der Waals surface area (Å²) in [6.45, 7) is 1.88. The van der Waals surface area contributed by atoms with Gasteiger partial charge in [0.05, 0.1) is 11.6 Å². The molecule has 2 N–H and O–H groups in total. The van der Waals surface area contributed by atoms with E-state index in [0.717, 1.165) is 50.1 Å². The van der Waals surface area contributed by atoms with Crippen LogP contribution in [0.5, 0.6) is 5.75 Å². The molecule has 0 radical (unpaired) electrons. The van der Waals surface area contributed by atoms with E-state index in [1.807, 2.05) is 12.1 Å². The highest BCUT2D eigenvalue weighted by molar-refractivity contribution is 6.32. The van der Waals surface area contributed by atoms with Crippen molar-refractivity contribution in [2.45, 2.75) is 31.7 Å². The number of aliphatic hydroxyl groups excluding tert-OH is 1. The van der Waals surface area contributed by atoms with E-state index in [0.29, 0.717) is 5.02 Å². The molecule has 1 aliphatic carbocycles. The fraction of sp³-hybridized carbons (Fsp3) is 0.600. The Morgan fingerprint density at radius 2 is 2.26 bits per heavy atom. The Labute approximate surface area is 118 Å². The first-order valence-corrected chi connectivity index (χ1v) is 7.37. The van der Waals surface area contributed by atoms with Crippen LogP contribution in [0, 0.1) is 5.41 Å². The Balaban J connectivity index is 1.76. The van der Waals surface area contributed by atoms with Crippen molar-refractivity contribution in [2.75, 3.05) is 19.8 Å². The number of halogens is 1. The first-order valence-electron chi connectivity index (χ1n) is 7.00. The van der Waals surface area contributed by atoms with Gasteiger partial charge in [0.25, 0.3) is 0 Å². The lowest BCUT2D eigenvalue weighted by atomic mass is 10.0. The van der Waals surface area contributed by atoms with Crippen LogP contribution in [0.2, 0.25) is 5.02 Å². The molecule has 0 spiro atoms. The maximum Gasteiger partial charge on any atom is 0.142 e. The maximum absolute atomic E-state index is 9.40. The van der Waals surface area contributed by atoms with E-state index in [1.54, 1.807) is 0 Å². The molecular weight excluding hydrogens is 262 g/mol. The average molecular weight is 282 g/mol. The zero-order valence-electron chi connectivity index (χ0n) is 11.0. The van der Waals surface area contributed by atoms with Gasteiger partial charge in [-0.25, -0.2) is 0 Å². The maximum atomic E-state index is 9.40. The molecule has 1 fully saturated rings. The topological polar surface area (TPSA) is 41.5 Å². The Kier molecular flexibility index (Phi) is 3.70. The number of hydrogen-bond acceptors (Lipinski definition) is 3. The zero-order valence-corrected chi connectivity index (χ0v) is 11.7. The van der Waals surface area contributed by atoms with Crippen molar-refractivity contribution in [2.24, 2.45) is 5.41 Å². The molecule has 0 aromatic heterocycles. The highest BCUT2D eigenvalue weighted by Gasteiger charge is 2.42. The number of ether oxygens (including phenoxy) is 1. The Morgan fingerprint density at radius 3 is 3.00 bits per heavy atom. The van der Waals surface area contributed by atoms with Crippen molar-refractivity contribution < 1.29 is 9.84 Å². The third-order valence-corrected chi connectivity index (χ3v) is 4.57. The number of hydrogen-bond donors (Lipinski definition) is 2. The molecule has 1 aromatic carbocycles. The third-order valence-electron chi connectivity index (χ3n) is 4.27. The number of fused-ring (bicyclic) bond motifs is 1. The summed E-state index contributed by atoms with van der Waals surface area (Å²) in [4.78, 5) is 0. The predicted octanol–water partition coefficient (Wildman–Crippen LogP) is 2.92. The molecule has 1 aliphatic heterocycles. The van der Waals surface area contributed by atoms with Gasteiger partial charge in [0.15, 0.2) is 0 Å². The Bertz CT molecular complexity index is 459. The summed E-state index contributed by atoms with van der Waals surface area (Å²) in [6, 6.07) is 6.21. The minimum atomic E-state index is 0.131. The van der Waals surface area contributed by atoms with Crippen LogP contribution in [0.1, 0.15) is 37.3 Å². The molecule has 1 heterocycles. The number of nitrogens with one attached hydrogen (secondary N) is 1. The molecular formula is C15H20ClNO2. The number of aliphatic hydroxyl groups is 1. The van der Waals surface area contributed by atoms with Crippen LogP contribution in [-0.4, -0.2) is 24.9 Å². The molecule has 1 saturated carbocycles. The highest BCUT2D eigenvalue weighted by atomic mass is 35.5. The van der Waals surface area contributed by atoms with Crippen molar-refractivity contribution in [1.82, 2.24) is 5.32 Å². The van der Waals surface area contributed by atoms with Crippen LogP contribution in [0.15, 0.2) is 18.2 Å². The fourth-order valence-electron chi connectivity index (χ4n) is 2.69. The molecule has 1 atom stereocenters. The average Bonchev–Trinajstić information content (AvgIpc) is 3.21. The van der Waals surface area contributed by atoms with Gasteiger partial charge >= 0.3 is 0 Å². The summed E-state index contributed by atoms with van der Waals surface area (Å²) in [7, 11) is 0. The first-order chi connectivity index (χ1) is 9.24. The molecule has 19 heavy (non-hydrogen) atoms. The van der Waals surface area contributed by atoms with Gasteiger partial charge in [-0.2, -0.15) is 0 Å². The van der Waals surface area contributed by atoms with Gasteiger partial charge in [-0.3, -0.25) is 0 Å². The standard InChI is InChI=1S/C15H20ClNO2/c16-12-4-1-3-11-13(5-2-8-19-14(11)12)17-9-15(10-18)6-7-15/h1,3-4,13,17-18H,2,5-10H2. The highest BCUT2D eigenvalue weighted by Crippen LogP contribution is 2.45. The van der Waals surface area contributed by atoms with Crippen LogP contribution < -0.4 is 10.1 Å². The monoisotopic (exact) mass is 281 g/mol. The van der Waals surface area contributed by atoms with Crippen molar-refractivity contribution in [3.05, 3.63) is 28.8 Å². The van der Waals surface area contributed by atoms with Crippen LogP contribution >= 0.6 is 11.6 Å². The summed E-state index contributed by atoms with van der Waals surface area (Å²) in [6.07, 6.45) is 4.33. The van der Waals surface area contributed by atoms with Crippen LogP contribution in [0.25, 0.3) is 0 Å². The SMILES string of the molecule is OCC1(CNC2CCCOc3c(Cl)cccc32)CC1. The predicted molar refractivity (Wildman–Crippen MR) is 75.7 cm³/mol. The smallest absolute Gasteiger partial charge is 0.142 e. The van der Waals surface area contributed by atoms with Crippen molar-refractivity contribution in [3.8, 4) is 5.75 Å². The fourth-order valence-corrected chi connectivity index (χ4v) is 2.93. The lowest BCUT2D eigenvalue weighted by molar-refractivity contribution is 0.203. The second-order valence-electron chi connectivity index (χ2n) is 5.74. The van der Waals surface area contributed by atoms with Gasteiger partial charge in [-0.05, 0) is 31.7 Å². The molecule has 3 rings (SSSR count). The lowest BCUT2D eigenvalue weighted by Gasteiger charge is -2.22. The summed E-state index contributed by atoms with van der Waals surface area (Å²) < 4.78 is 5.76. The largest absolute Gasteiger partial charge is 0.492 e. The molecule has 0 amide bonds. The molecule has 1 aromatic rings. The van der Waals surface area contributed by atoms with Crippen molar-refractivity contribution in [1.29, 1.82) is 0 Å². The summed E-state index contributed by atoms with van der Waals surface area (Å²) in [5.74, 6) is 0.827. The molecule has 2 aliphatic rings. The second-order valence-corrected chi connectivity index (χ2v) is 6.15. The molecule has 1 unspecified atom stereocenters. The summed E-state index contributed by atoms with van der Waals surface area (Å²) >= 11 is 6.22. The van der Waals surface area contributed by atoms with Crippen molar-refractivity contribution >= 4 is 11.6 Å². The summed E-state index contributed by atoms with van der Waals surface area (Å²) in [5.41, 5.74) is 1.28. The van der Waals surface area contributed by atoms with Crippen LogP contribution in [0.4, 0.5) is 0 Å². The van der Waals surface area contributed by atoms with Gasteiger partial charge in [-0.15, -0.1) is 0 Å². The quantitative estimate of drug-likeness (QED) is 0.892. The van der Waals surface area contributed by atoms with Crippen LogP contribution in [0.3, 0.4) is 0 Å². The van der Waals surface area contributed by atoms with E-state index in [4.69, 9.17) is 16.3 Å². The van der Waals surface area contributed by atoms with Gasteiger partial charge in [-0.1, -0.05) is 23.7 Å². The van der Waals surface area contributed by atoms with Gasteiger partial charge in [0, 0.05) is 30.2 Å².